The molecule has 60 valence electrons. The van der Waals surface area contributed by atoms with E-state index in [-0.39, 0.29) is 57.5 Å². The second kappa shape index (κ2) is 5.24. The Kier molecular flexibility index (Phi) is 5.93. The van der Waals surface area contributed by atoms with Gasteiger partial charge in [0.25, 0.3) is 0 Å². The largest absolute Gasteiger partial charge is 1.00 e. The quantitative estimate of drug-likeness (QED) is 0.518. The van der Waals surface area contributed by atoms with Crippen molar-refractivity contribution in [1.82, 2.24) is 0 Å². The molecular formula is C5H9BF3KO. The van der Waals surface area contributed by atoms with E-state index >= 15 is 0 Å². The molecule has 0 atom stereocenters. The fraction of sp³-hybridized carbons (Fsp3) is 1.00. The molecule has 0 aliphatic heterocycles. The maximum atomic E-state index is 11.5. The SMILES string of the molecule is F[B-](F)(F)COC1CCC1.[K+]. The van der Waals surface area contributed by atoms with E-state index in [1.807, 2.05) is 0 Å². The molecule has 0 radical (unpaired) electrons. The maximum absolute atomic E-state index is 11.5. The minimum Gasteiger partial charge on any atom is -0.447 e. The molecule has 0 saturated heterocycles. The molecule has 0 aromatic carbocycles. The standard InChI is InChI=1S/C5H9BF3O.K/c7-6(8,9)4-10-5-2-1-3-5;/h5H,1-4H2;/q-1;+1. The smallest absolute Gasteiger partial charge is 0.447 e. The summed E-state index contributed by atoms with van der Waals surface area (Å²) >= 11 is 0. The summed E-state index contributed by atoms with van der Waals surface area (Å²) in [5.41, 5.74) is 0. The van der Waals surface area contributed by atoms with Crippen LogP contribution in [-0.2, 0) is 4.74 Å². The third-order valence-electron chi connectivity index (χ3n) is 1.57. The van der Waals surface area contributed by atoms with Crippen LogP contribution in [0.3, 0.4) is 0 Å². The Morgan fingerprint density at radius 1 is 1.27 bits per heavy atom. The van der Waals surface area contributed by atoms with Gasteiger partial charge in [0, 0.05) is 6.51 Å². The van der Waals surface area contributed by atoms with Gasteiger partial charge in [0.2, 0.25) is 0 Å². The average Bonchev–Trinajstić information content (AvgIpc) is 1.56. The number of ether oxygens (including phenoxy) is 1. The summed E-state index contributed by atoms with van der Waals surface area (Å²) in [7, 11) is 0. The van der Waals surface area contributed by atoms with Gasteiger partial charge >= 0.3 is 58.4 Å². The van der Waals surface area contributed by atoms with Gasteiger partial charge in [0.15, 0.2) is 0 Å². The van der Waals surface area contributed by atoms with E-state index in [1.165, 1.54) is 0 Å². The van der Waals surface area contributed by atoms with Crippen LogP contribution in [0.5, 0.6) is 0 Å². The third kappa shape index (κ3) is 5.65. The van der Waals surface area contributed by atoms with E-state index in [0.717, 1.165) is 19.3 Å². The van der Waals surface area contributed by atoms with Gasteiger partial charge in [-0.1, -0.05) is 0 Å². The summed E-state index contributed by atoms with van der Waals surface area (Å²) in [6.45, 7) is -5.75. The third-order valence-corrected chi connectivity index (χ3v) is 1.57. The van der Waals surface area contributed by atoms with E-state index in [0.29, 0.717) is 0 Å². The molecule has 1 saturated carbocycles. The Labute approximate surface area is 107 Å². The van der Waals surface area contributed by atoms with E-state index in [9.17, 15) is 12.9 Å². The second-order valence-electron chi connectivity index (χ2n) is 2.60. The molecule has 1 aliphatic rings. The molecule has 0 heterocycles. The number of hydrogen-bond acceptors (Lipinski definition) is 1. The number of halogens is 3. The van der Waals surface area contributed by atoms with Gasteiger partial charge in [-0.05, 0) is 19.3 Å². The molecule has 6 heteroatoms. The summed E-state index contributed by atoms with van der Waals surface area (Å²) in [6.07, 6.45) is 2.50. The van der Waals surface area contributed by atoms with Crippen LogP contribution in [0, 0.1) is 0 Å². The number of rotatable bonds is 3. The van der Waals surface area contributed by atoms with Crippen LogP contribution in [-0.4, -0.2) is 19.6 Å². The van der Waals surface area contributed by atoms with Gasteiger partial charge in [-0.2, -0.15) is 0 Å². The fourth-order valence-corrected chi connectivity index (χ4v) is 0.783. The Balaban J connectivity index is 0.000001000. The zero-order valence-corrected chi connectivity index (χ0v) is 9.65. The van der Waals surface area contributed by atoms with Crippen LogP contribution < -0.4 is 51.4 Å². The molecule has 1 aliphatic carbocycles. The summed E-state index contributed by atoms with van der Waals surface area (Å²) in [5.74, 6) is 0. The summed E-state index contributed by atoms with van der Waals surface area (Å²) in [4.78, 5) is 0. The molecule has 0 aromatic heterocycles. The van der Waals surface area contributed by atoms with Gasteiger partial charge in [0.1, 0.15) is 0 Å². The van der Waals surface area contributed by atoms with E-state index in [2.05, 4.69) is 4.74 Å². The van der Waals surface area contributed by atoms with E-state index < -0.39 is 13.5 Å². The first-order valence-corrected chi connectivity index (χ1v) is 3.40. The first kappa shape index (κ1) is 12.5. The summed E-state index contributed by atoms with van der Waals surface area (Å²) in [6, 6.07) is 0. The van der Waals surface area contributed by atoms with Crippen molar-refractivity contribution < 1.29 is 69.1 Å². The van der Waals surface area contributed by atoms with Crippen molar-refractivity contribution in [2.45, 2.75) is 25.4 Å². The molecule has 0 bridgehead atoms. The molecule has 1 nitrogen and oxygen atoms in total. The van der Waals surface area contributed by atoms with Crippen molar-refractivity contribution in [2.75, 3.05) is 6.51 Å². The van der Waals surface area contributed by atoms with Gasteiger partial charge in [0.05, 0.1) is 6.10 Å². The minimum atomic E-state index is -4.73. The van der Waals surface area contributed by atoms with Gasteiger partial charge < -0.3 is 17.7 Å². The predicted octanol–water partition coefficient (Wildman–Crippen LogP) is -1.05. The molecule has 1 fully saturated rings. The Morgan fingerprint density at radius 2 is 1.82 bits per heavy atom. The van der Waals surface area contributed by atoms with Crippen LogP contribution in [0.15, 0.2) is 0 Å². The van der Waals surface area contributed by atoms with Crippen molar-refractivity contribution in [2.24, 2.45) is 0 Å². The molecular weight excluding hydrogens is 183 g/mol. The maximum Gasteiger partial charge on any atom is 1.00 e. The van der Waals surface area contributed by atoms with E-state index in [1.54, 1.807) is 0 Å². The van der Waals surface area contributed by atoms with Crippen molar-refractivity contribution in [3.63, 3.8) is 0 Å². The molecule has 0 aromatic rings. The monoisotopic (exact) mass is 192 g/mol. The van der Waals surface area contributed by atoms with Gasteiger partial charge in [-0.25, -0.2) is 0 Å². The van der Waals surface area contributed by atoms with Crippen molar-refractivity contribution in [3.8, 4) is 0 Å². The Hall–Kier alpha value is 1.45. The van der Waals surface area contributed by atoms with Crippen LogP contribution in [0.4, 0.5) is 12.9 Å². The van der Waals surface area contributed by atoms with Crippen LogP contribution in [0.1, 0.15) is 19.3 Å². The molecule has 0 amide bonds. The molecule has 11 heavy (non-hydrogen) atoms. The van der Waals surface area contributed by atoms with Crippen molar-refractivity contribution in [1.29, 1.82) is 0 Å². The zero-order chi connectivity index (χ0) is 7.61. The molecule has 0 N–H and O–H groups in total. The van der Waals surface area contributed by atoms with Crippen LogP contribution in [0.2, 0.25) is 0 Å². The zero-order valence-electron chi connectivity index (χ0n) is 6.53. The van der Waals surface area contributed by atoms with E-state index in [4.69, 9.17) is 0 Å². The summed E-state index contributed by atoms with van der Waals surface area (Å²) in [5, 5.41) is 0. The first-order chi connectivity index (χ1) is 4.58. The Morgan fingerprint density at radius 3 is 2.09 bits per heavy atom. The predicted molar refractivity (Wildman–Crippen MR) is 32.7 cm³/mol. The average molecular weight is 192 g/mol. The normalized spacial score (nSPS) is 18.8. The molecule has 0 unspecified atom stereocenters. The molecule has 0 spiro atoms. The molecule has 1 rings (SSSR count). The van der Waals surface area contributed by atoms with Crippen LogP contribution in [0.25, 0.3) is 0 Å². The first-order valence-electron chi connectivity index (χ1n) is 3.40. The fourth-order valence-electron chi connectivity index (χ4n) is 0.783. The van der Waals surface area contributed by atoms with Crippen molar-refractivity contribution >= 4 is 6.98 Å². The second-order valence-corrected chi connectivity index (χ2v) is 2.60. The van der Waals surface area contributed by atoms with Crippen molar-refractivity contribution in [3.05, 3.63) is 0 Å². The minimum absolute atomic E-state index is 0. The summed E-state index contributed by atoms with van der Waals surface area (Å²) < 4.78 is 39.1. The van der Waals surface area contributed by atoms with Crippen LogP contribution >= 0.6 is 0 Å². The number of hydrogen-bond donors (Lipinski definition) is 0. The van der Waals surface area contributed by atoms with Gasteiger partial charge in [-0.3, -0.25) is 0 Å². The Bertz CT molecular complexity index is 115. The van der Waals surface area contributed by atoms with Gasteiger partial charge in [-0.15, -0.1) is 0 Å². The topological polar surface area (TPSA) is 9.23 Å².